The van der Waals surface area contributed by atoms with Gasteiger partial charge in [0, 0.05) is 55.2 Å². The van der Waals surface area contributed by atoms with Crippen LogP contribution in [0.4, 0.5) is 10.5 Å². The Balaban J connectivity index is 1.10. The standard InChI is InChI=1S/C28H26ClN5O3S/c29-26-6-5-25(38-26)24-16-21(32-37-24)18-34-23-4-2-1-3-20(23)15-27(34)36-28(35)31-17-19-9-13-33(14-10-19)22-7-11-30-12-8-22/h1-8,11-12,15-16,19H,9-10,13-14,17-18H2,(H,31,35). The number of hydrogen-bond acceptors (Lipinski definition) is 7. The van der Waals surface area contributed by atoms with Crippen LogP contribution < -0.4 is 15.0 Å². The molecule has 0 atom stereocenters. The molecule has 1 fully saturated rings. The first-order chi connectivity index (χ1) is 18.6. The number of amides is 1. The van der Waals surface area contributed by atoms with E-state index in [4.69, 9.17) is 20.9 Å². The zero-order valence-corrected chi connectivity index (χ0v) is 22.1. The average molecular weight is 548 g/mol. The van der Waals surface area contributed by atoms with Crippen molar-refractivity contribution >= 4 is 45.6 Å². The number of hydrogen-bond donors (Lipinski definition) is 1. The van der Waals surface area contributed by atoms with Crippen LogP contribution in [0.5, 0.6) is 5.88 Å². The van der Waals surface area contributed by atoms with E-state index >= 15 is 0 Å². The summed E-state index contributed by atoms with van der Waals surface area (Å²) in [6.45, 7) is 2.89. The molecule has 5 aromatic rings. The molecular weight excluding hydrogens is 522 g/mol. The maximum Gasteiger partial charge on any atom is 0.413 e. The lowest BCUT2D eigenvalue weighted by Crippen LogP contribution is -2.39. The Bertz CT molecular complexity index is 1540. The highest BCUT2D eigenvalue weighted by molar-refractivity contribution is 7.19. The van der Waals surface area contributed by atoms with Gasteiger partial charge in [-0.2, -0.15) is 0 Å². The van der Waals surface area contributed by atoms with Crippen LogP contribution in [-0.4, -0.2) is 40.4 Å². The van der Waals surface area contributed by atoms with Crippen molar-refractivity contribution in [3.05, 3.63) is 83.1 Å². The predicted molar refractivity (Wildman–Crippen MR) is 149 cm³/mol. The second-order valence-electron chi connectivity index (χ2n) is 9.32. The summed E-state index contributed by atoms with van der Waals surface area (Å²) in [6, 6.07) is 19.5. The van der Waals surface area contributed by atoms with Crippen molar-refractivity contribution in [2.24, 2.45) is 5.92 Å². The number of para-hydroxylation sites is 1. The third-order valence-electron chi connectivity index (χ3n) is 6.84. The smallest absolute Gasteiger partial charge is 0.393 e. The maximum absolute atomic E-state index is 12.8. The molecule has 1 aliphatic rings. The second-order valence-corrected chi connectivity index (χ2v) is 11.0. The maximum atomic E-state index is 12.8. The first-order valence-corrected chi connectivity index (χ1v) is 13.7. The highest BCUT2D eigenvalue weighted by Gasteiger charge is 2.21. The molecule has 10 heteroatoms. The van der Waals surface area contributed by atoms with Crippen LogP contribution in [-0.2, 0) is 6.54 Å². The molecule has 1 aromatic carbocycles. The Hall–Kier alpha value is -3.82. The number of aromatic nitrogens is 3. The Kier molecular flexibility index (Phi) is 7.02. The van der Waals surface area contributed by atoms with Crippen molar-refractivity contribution in [2.45, 2.75) is 19.4 Å². The minimum Gasteiger partial charge on any atom is -0.393 e. The summed E-state index contributed by atoms with van der Waals surface area (Å²) in [5, 5.41) is 8.18. The fraction of sp³-hybridized carbons (Fsp3) is 0.250. The van der Waals surface area contributed by atoms with E-state index in [0.717, 1.165) is 47.4 Å². The quantitative estimate of drug-likeness (QED) is 0.252. The van der Waals surface area contributed by atoms with Gasteiger partial charge in [0.25, 0.3) is 0 Å². The van der Waals surface area contributed by atoms with Crippen molar-refractivity contribution in [1.82, 2.24) is 20.0 Å². The molecule has 38 heavy (non-hydrogen) atoms. The van der Waals surface area contributed by atoms with Gasteiger partial charge < -0.3 is 24.0 Å². The van der Waals surface area contributed by atoms with Crippen molar-refractivity contribution in [1.29, 1.82) is 0 Å². The molecular formula is C28H26ClN5O3S. The van der Waals surface area contributed by atoms with Crippen molar-refractivity contribution in [3.8, 4) is 16.5 Å². The molecule has 1 N–H and O–H groups in total. The molecule has 4 aromatic heterocycles. The third-order valence-corrected chi connectivity index (χ3v) is 8.09. The topological polar surface area (TPSA) is 85.4 Å². The number of carbonyl (C=O) groups excluding carboxylic acids is 1. The van der Waals surface area contributed by atoms with Gasteiger partial charge in [-0.25, -0.2) is 4.79 Å². The van der Waals surface area contributed by atoms with Gasteiger partial charge in [0.15, 0.2) is 5.76 Å². The van der Waals surface area contributed by atoms with E-state index in [1.165, 1.54) is 17.0 Å². The molecule has 194 valence electrons. The van der Waals surface area contributed by atoms with Gasteiger partial charge in [-0.1, -0.05) is 35.0 Å². The fourth-order valence-electron chi connectivity index (χ4n) is 4.85. The number of halogens is 1. The molecule has 0 saturated carbocycles. The first kappa shape index (κ1) is 24.5. The normalized spacial score (nSPS) is 14.2. The lowest BCUT2D eigenvalue weighted by molar-refractivity contribution is 0.193. The average Bonchev–Trinajstić information content (AvgIpc) is 3.68. The van der Waals surface area contributed by atoms with E-state index in [-0.39, 0.29) is 0 Å². The summed E-state index contributed by atoms with van der Waals surface area (Å²) < 4.78 is 14.0. The summed E-state index contributed by atoms with van der Waals surface area (Å²) in [5.74, 6) is 1.52. The minimum atomic E-state index is -0.459. The number of nitrogens with zero attached hydrogens (tertiary/aromatic N) is 4. The van der Waals surface area contributed by atoms with Crippen LogP contribution in [0.1, 0.15) is 18.5 Å². The number of ether oxygens (including phenoxy) is 1. The minimum absolute atomic E-state index is 0.395. The Morgan fingerprint density at radius 3 is 2.71 bits per heavy atom. The van der Waals surface area contributed by atoms with E-state index < -0.39 is 6.09 Å². The number of carbonyl (C=O) groups is 1. The van der Waals surface area contributed by atoms with E-state index in [2.05, 4.69) is 20.4 Å². The molecule has 0 aliphatic carbocycles. The molecule has 6 rings (SSSR count). The molecule has 5 heterocycles. The van der Waals surface area contributed by atoms with Crippen LogP contribution in [0.25, 0.3) is 21.5 Å². The number of fused-ring (bicyclic) bond motifs is 1. The van der Waals surface area contributed by atoms with Crippen LogP contribution in [0.2, 0.25) is 4.34 Å². The van der Waals surface area contributed by atoms with Crippen molar-refractivity contribution < 1.29 is 14.1 Å². The van der Waals surface area contributed by atoms with E-state index in [9.17, 15) is 4.79 Å². The largest absolute Gasteiger partial charge is 0.413 e. The number of nitrogens with one attached hydrogen (secondary N) is 1. The van der Waals surface area contributed by atoms with Crippen molar-refractivity contribution in [2.75, 3.05) is 24.5 Å². The lowest BCUT2D eigenvalue weighted by atomic mass is 9.96. The van der Waals surface area contributed by atoms with Gasteiger partial charge in [-0.15, -0.1) is 11.3 Å². The summed E-state index contributed by atoms with van der Waals surface area (Å²) >= 11 is 7.50. The van der Waals surface area contributed by atoms with Gasteiger partial charge in [0.2, 0.25) is 5.88 Å². The van der Waals surface area contributed by atoms with Gasteiger partial charge in [0.05, 0.1) is 21.3 Å². The van der Waals surface area contributed by atoms with Crippen LogP contribution >= 0.6 is 22.9 Å². The summed E-state index contributed by atoms with van der Waals surface area (Å²) in [4.78, 5) is 20.2. The molecule has 0 bridgehead atoms. The number of rotatable bonds is 7. The number of anilines is 1. The zero-order chi connectivity index (χ0) is 25.9. The highest BCUT2D eigenvalue weighted by Crippen LogP contribution is 2.32. The third kappa shape index (κ3) is 5.39. The lowest BCUT2D eigenvalue weighted by Gasteiger charge is -2.33. The Labute approximate surface area is 228 Å². The molecule has 1 amide bonds. The summed E-state index contributed by atoms with van der Waals surface area (Å²) in [5.41, 5.74) is 2.86. The molecule has 0 radical (unpaired) electrons. The van der Waals surface area contributed by atoms with Gasteiger partial charge in [-0.05, 0) is 49.1 Å². The molecule has 0 unspecified atom stereocenters. The monoisotopic (exact) mass is 547 g/mol. The first-order valence-electron chi connectivity index (χ1n) is 12.5. The van der Waals surface area contributed by atoms with Crippen LogP contribution in [0.3, 0.4) is 0 Å². The predicted octanol–water partition coefficient (Wildman–Crippen LogP) is 6.46. The zero-order valence-electron chi connectivity index (χ0n) is 20.5. The summed E-state index contributed by atoms with van der Waals surface area (Å²) in [7, 11) is 0. The molecule has 1 aliphatic heterocycles. The molecule has 1 saturated heterocycles. The van der Waals surface area contributed by atoms with E-state index in [1.54, 1.807) is 0 Å². The SMILES string of the molecule is O=C(NCC1CCN(c2ccncc2)CC1)Oc1cc2ccccc2n1Cc1cc(-c2ccc(Cl)s2)on1. The number of pyridine rings is 1. The summed E-state index contributed by atoms with van der Waals surface area (Å²) in [6.07, 6.45) is 5.19. The van der Waals surface area contributed by atoms with Crippen LogP contribution in [0, 0.1) is 5.92 Å². The van der Waals surface area contributed by atoms with Crippen molar-refractivity contribution in [3.63, 3.8) is 0 Å². The Morgan fingerprint density at radius 1 is 1.11 bits per heavy atom. The van der Waals surface area contributed by atoms with Gasteiger partial charge >= 0.3 is 6.09 Å². The number of piperidine rings is 1. The molecule has 0 spiro atoms. The molecule has 8 nitrogen and oxygen atoms in total. The highest BCUT2D eigenvalue weighted by atomic mass is 35.5. The van der Waals surface area contributed by atoms with E-state index in [0.29, 0.717) is 35.0 Å². The van der Waals surface area contributed by atoms with Crippen LogP contribution in [0.15, 0.2) is 77.6 Å². The Morgan fingerprint density at radius 2 is 1.92 bits per heavy atom. The second kappa shape index (κ2) is 10.9. The van der Waals surface area contributed by atoms with Gasteiger partial charge in [0.1, 0.15) is 5.69 Å². The van der Waals surface area contributed by atoms with Gasteiger partial charge in [-0.3, -0.25) is 4.98 Å². The fourth-order valence-corrected chi connectivity index (χ4v) is 5.84. The number of thiophene rings is 1. The number of benzene rings is 1. The van der Waals surface area contributed by atoms with E-state index in [1.807, 2.05) is 77.6 Å².